The smallest absolute Gasteiger partial charge is 0.336 e. The molecule has 1 aliphatic heterocycles. The van der Waals surface area contributed by atoms with E-state index in [1.165, 1.54) is 6.92 Å². The largest absolute Gasteiger partial charge is 0.478 e. The third-order valence-corrected chi connectivity index (χ3v) is 4.72. The summed E-state index contributed by atoms with van der Waals surface area (Å²) in [6, 6.07) is 11.3. The first-order valence-electron chi connectivity index (χ1n) is 8.79. The number of carboxylic acid groups (broad SMARTS) is 1. The molecule has 2 heterocycles. The zero-order valence-corrected chi connectivity index (χ0v) is 14.8. The molecule has 136 valence electrons. The van der Waals surface area contributed by atoms with Crippen LogP contribution in [0.2, 0.25) is 0 Å². The van der Waals surface area contributed by atoms with Crippen LogP contribution in [0.1, 0.15) is 53.0 Å². The predicted octanol–water partition coefficient (Wildman–Crippen LogP) is 2.75. The second-order valence-electron chi connectivity index (χ2n) is 6.59. The van der Waals surface area contributed by atoms with Gasteiger partial charge >= 0.3 is 5.97 Å². The molecular formula is C20H23N3O3. The number of likely N-dealkylation sites (tertiary alicyclic amines) is 1. The number of aromatic nitrogens is 1. The van der Waals surface area contributed by atoms with Gasteiger partial charge in [-0.3, -0.25) is 14.7 Å². The Morgan fingerprint density at radius 3 is 2.77 bits per heavy atom. The highest BCUT2D eigenvalue weighted by atomic mass is 16.4. The molecule has 1 amide bonds. The van der Waals surface area contributed by atoms with E-state index >= 15 is 0 Å². The number of carboxylic acids is 1. The lowest BCUT2D eigenvalue weighted by Gasteiger charge is -2.25. The number of carbonyl (C=O) groups excluding carboxylic acids is 1. The molecule has 26 heavy (non-hydrogen) atoms. The van der Waals surface area contributed by atoms with E-state index < -0.39 is 5.97 Å². The van der Waals surface area contributed by atoms with Crippen LogP contribution in [0, 0.1) is 0 Å². The van der Waals surface area contributed by atoms with Gasteiger partial charge in [-0.1, -0.05) is 24.3 Å². The van der Waals surface area contributed by atoms with Crippen LogP contribution in [-0.2, 0) is 17.9 Å². The van der Waals surface area contributed by atoms with Crippen molar-refractivity contribution in [2.24, 2.45) is 0 Å². The molecule has 6 nitrogen and oxygen atoms in total. The Bertz CT molecular complexity index is 789. The number of aromatic carboxylic acids is 1. The summed E-state index contributed by atoms with van der Waals surface area (Å²) in [4.78, 5) is 29.3. The maximum atomic E-state index is 11.4. The van der Waals surface area contributed by atoms with Crippen molar-refractivity contribution >= 4 is 11.9 Å². The molecule has 0 unspecified atom stereocenters. The number of amides is 1. The molecule has 1 saturated heterocycles. The number of hydrogen-bond acceptors (Lipinski definition) is 4. The Labute approximate surface area is 152 Å². The van der Waals surface area contributed by atoms with Crippen molar-refractivity contribution in [1.82, 2.24) is 15.2 Å². The number of benzene rings is 1. The number of hydrogen-bond donors (Lipinski definition) is 2. The van der Waals surface area contributed by atoms with E-state index in [1.807, 2.05) is 24.3 Å². The Balaban J connectivity index is 1.72. The first-order chi connectivity index (χ1) is 12.5. The first kappa shape index (κ1) is 18.1. The minimum absolute atomic E-state index is 0.0619. The van der Waals surface area contributed by atoms with Crippen molar-refractivity contribution in [3.63, 3.8) is 0 Å². The highest BCUT2D eigenvalue weighted by Crippen LogP contribution is 2.32. The SMILES string of the molecule is CC(=O)NCc1ccc([C@@H]2CCCN2Cc2ccccc2C(=O)O)nc1. The lowest BCUT2D eigenvalue weighted by atomic mass is 10.1. The van der Waals surface area contributed by atoms with Gasteiger partial charge in [-0.2, -0.15) is 0 Å². The monoisotopic (exact) mass is 353 g/mol. The Kier molecular flexibility index (Phi) is 5.63. The van der Waals surface area contributed by atoms with Crippen molar-refractivity contribution in [3.05, 3.63) is 65.0 Å². The lowest BCUT2D eigenvalue weighted by molar-refractivity contribution is -0.119. The van der Waals surface area contributed by atoms with Gasteiger partial charge in [0, 0.05) is 26.2 Å². The van der Waals surface area contributed by atoms with E-state index in [4.69, 9.17) is 0 Å². The normalized spacial score (nSPS) is 17.2. The Morgan fingerprint density at radius 1 is 1.27 bits per heavy atom. The fourth-order valence-electron chi connectivity index (χ4n) is 3.40. The summed E-state index contributed by atoms with van der Waals surface area (Å²) in [6.07, 6.45) is 3.87. The number of carbonyl (C=O) groups is 2. The number of rotatable bonds is 6. The highest BCUT2D eigenvalue weighted by molar-refractivity contribution is 5.89. The van der Waals surface area contributed by atoms with Gasteiger partial charge in [0.05, 0.1) is 17.3 Å². The van der Waals surface area contributed by atoms with Crippen molar-refractivity contribution in [3.8, 4) is 0 Å². The summed E-state index contributed by atoms with van der Waals surface area (Å²) >= 11 is 0. The molecule has 1 atom stereocenters. The maximum Gasteiger partial charge on any atom is 0.336 e. The van der Waals surface area contributed by atoms with E-state index in [1.54, 1.807) is 18.3 Å². The van der Waals surface area contributed by atoms with E-state index in [2.05, 4.69) is 15.2 Å². The molecular weight excluding hydrogens is 330 g/mol. The highest BCUT2D eigenvalue weighted by Gasteiger charge is 2.28. The number of pyridine rings is 1. The van der Waals surface area contributed by atoms with Crippen LogP contribution in [0.5, 0.6) is 0 Å². The minimum atomic E-state index is -0.892. The molecule has 1 aromatic heterocycles. The second kappa shape index (κ2) is 8.10. The topological polar surface area (TPSA) is 82.5 Å². The molecule has 1 aliphatic rings. The van der Waals surface area contributed by atoms with Crippen LogP contribution in [0.25, 0.3) is 0 Å². The Morgan fingerprint density at radius 2 is 2.08 bits per heavy atom. The molecule has 6 heteroatoms. The molecule has 0 saturated carbocycles. The van der Waals surface area contributed by atoms with Crippen LogP contribution < -0.4 is 5.32 Å². The average Bonchev–Trinajstić information content (AvgIpc) is 3.09. The molecule has 1 fully saturated rings. The van der Waals surface area contributed by atoms with Crippen LogP contribution in [0.15, 0.2) is 42.6 Å². The molecule has 0 spiro atoms. The van der Waals surface area contributed by atoms with Gasteiger partial charge in [-0.25, -0.2) is 4.79 Å². The van der Waals surface area contributed by atoms with Gasteiger partial charge in [0.2, 0.25) is 5.91 Å². The van der Waals surface area contributed by atoms with Crippen LogP contribution in [0.4, 0.5) is 0 Å². The van der Waals surface area contributed by atoms with Crippen molar-refractivity contribution in [2.45, 2.75) is 38.9 Å². The number of nitrogens with one attached hydrogen (secondary N) is 1. The lowest BCUT2D eigenvalue weighted by Crippen LogP contribution is -2.24. The van der Waals surface area contributed by atoms with E-state index in [-0.39, 0.29) is 11.9 Å². The summed E-state index contributed by atoms with van der Waals surface area (Å²) in [5, 5.41) is 12.1. The van der Waals surface area contributed by atoms with Crippen molar-refractivity contribution < 1.29 is 14.7 Å². The fraction of sp³-hybridized carbons (Fsp3) is 0.350. The molecule has 2 N–H and O–H groups in total. The molecule has 1 aromatic carbocycles. The summed E-state index contributed by atoms with van der Waals surface area (Å²) in [5.41, 5.74) is 3.14. The molecule has 2 aromatic rings. The van der Waals surface area contributed by atoms with Gasteiger partial charge in [0.1, 0.15) is 0 Å². The molecule has 0 bridgehead atoms. The third kappa shape index (κ3) is 4.26. The van der Waals surface area contributed by atoms with E-state index in [0.717, 1.165) is 36.2 Å². The fourth-order valence-corrected chi connectivity index (χ4v) is 3.40. The summed E-state index contributed by atoms with van der Waals surface area (Å²) in [6.45, 7) is 3.49. The maximum absolute atomic E-state index is 11.4. The zero-order chi connectivity index (χ0) is 18.5. The standard InChI is InChI=1S/C20H23N3O3/c1-14(24)21-11-15-8-9-18(22-12-15)19-7-4-10-23(19)13-16-5-2-3-6-17(16)20(25)26/h2-3,5-6,8-9,12,19H,4,7,10-11,13H2,1H3,(H,21,24)(H,25,26)/t19-/m0/s1. The quantitative estimate of drug-likeness (QED) is 0.834. The van der Waals surface area contributed by atoms with Crippen LogP contribution >= 0.6 is 0 Å². The van der Waals surface area contributed by atoms with Crippen LogP contribution in [0.3, 0.4) is 0 Å². The van der Waals surface area contributed by atoms with Gasteiger partial charge in [-0.05, 0) is 42.6 Å². The van der Waals surface area contributed by atoms with Gasteiger partial charge in [0.25, 0.3) is 0 Å². The minimum Gasteiger partial charge on any atom is -0.478 e. The third-order valence-electron chi connectivity index (χ3n) is 4.72. The molecule has 0 radical (unpaired) electrons. The van der Waals surface area contributed by atoms with E-state index in [0.29, 0.717) is 18.7 Å². The summed E-state index contributed by atoms with van der Waals surface area (Å²) < 4.78 is 0. The average molecular weight is 353 g/mol. The van der Waals surface area contributed by atoms with Crippen LogP contribution in [-0.4, -0.2) is 33.4 Å². The van der Waals surface area contributed by atoms with Gasteiger partial charge < -0.3 is 10.4 Å². The zero-order valence-electron chi connectivity index (χ0n) is 14.8. The van der Waals surface area contributed by atoms with E-state index in [9.17, 15) is 14.7 Å². The number of nitrogens with zero attached hydrogens (tertiary/aromatic N) is 2. The van der Waals surface area contributed by atoms with Gasteiger partial charge in [-0.15, -0.1) is 0 Å². The van der Waals surface area contributed by atoms with Crippen molar-refractivity contribution in [2.75, 3.05) is 6.54 Å². The van der Waals surface area contributed by atoms with Crippen molar-refractivity contribution in [1.29, 1.82) is 0 Å². The predicted molar refractivity (Wildman–Crippen MR) is 97.5 cm³/mol. The molecule has 3 rings (SSSR count). The Hall–Kier alpha value is -2.73. The summed E-state index contributed by atoms with van der Waals surface area (Å²) in [7, 11) is 0. The molecule has 0 aliphatic carbocycles. The first-order valence-corrected chi connectivity index (χ1v) is 8.79. The second-order valence-corrected chi connectivity index (χ2v) is 6.59. The van der Waals surface area contributed by atoms with Gasteiger partial charge in [0.15, 0.2) is 0 Å². The summed E-state index contributed by atoms with van der Waals surface area (Å²) in [5.74, 6) is -0.954.